The third kappa shape index (κ3) is 1.78. The molecule has 2 heterocycles. The summed E-state index contributed by atoms with van der Waals surface area (Å²) in [5.74, 6) is 0.634. The fourth-order valence-electron chi connectivity index (χ4n) is 1.67. The zero-order chi connectivity index (χ0) is 11.5. The number of rotatable bonds is 2. The van der Waals surface area contributed by atoms with E-state index in [0.29, 0.717) is 5.82 Å². The predicted octanol–water partition coefficient (Wildman–Crippen LogP) is 1.73. The van der Waals surface area contributed by atoms with Gasteiger partial charge in [-0.25, -0.2) is 5.10 Å². The predicted molar refractivity (Wildman–Crippen MR) is 61.7 cm³/mol. The van der Waals surface area contributed by atoms with Crippen LogP contribution in [0.3, 0.4) is 0 Å². The van der Waals surface area contributed by atoms with Gasteiger partial charge in [0, 0.05) is 23.5 Å². The molecular formula is C12H8N5. The molecule has 0 atom stereocenters. The van der Waals surface area contributed by atoms with Crippen molar-refractivity contribution in [2.75, 3.05) is 0 Å². The van der Waals surface area contributed by atoms with Crippen LogP contribution in [0.15, 0.2) is 42.7 Å². The van der Waals surface area contributed by atoms with Crippen LogP contribution >= 0.6 is 0 Å². The van der Waals surface area contributed by atoms with Gasteiger partial charge in [0.05, 0.1) is 0 Å². The second-order valence-electron chi connectivity index (χ2n) is 3.46. The van der Waals surface area contributed by atoms with Crippen molar-refractivity contribution < 1.29 is 0 Å². The minimum atomic E-state index is 0.634. The molecule has 0 aliphatic carbocycles. The maximum absolute atomic E-state index is 4.14. The average Bonchev–Trinajstić information content (AvgIpc) is 2.94. The van der Waals surface area contributed by atoms with Gasteiger partial charge in [-0.05, 0) is 28.1 Å². The zero-order valence-corrected chi connectivity index (χ0v) is 8.83. The number of benzene rings is 1. The Morgan fingerprint density at radius 3 is 2.71 bits per heavy atom. The van der Waals surface area contributed by atoms with Crippen LogP contribution in [0.5, 0.6) is 0 Å². The molecule has 0 bridgehead atoms. The van der Waals surface area contributed by atoms with Crippen LogP contribution in [0.25, 0.3) is 22.5 Å². The molecule has 0 unspecified atom stereocenters. The standard InChI is InChI=1S/C12H8N5/c1-2-4-9(5-3-1)11-8-13-7-6-10(11)12-14-16-17-15-12/h2-8H,(H,14,15,16,17). The number of nitrogens with zero attached hydrogens (tertiary/aromatic N) is 4. The van der Waals surface area contributed by atoms with Gasteiger partial charge in [-0.1, -0.05) is 24.3 Å². The largest absolute Gasteiger partial charge is 0.264 e. The Morgan fingerprint density at radius 2 is 1.94 bits per heavy atom. The molecule has 5 nitrogen and oxygen atoms in total. The zero-order valence-electron chi connectivity index (χ0n) is 8.83. The Kier molecular flexibility index (Phi) is 2.34. The second-order valence-corrected chi connectivity index (χ2v) is 3.46. The van der Waals surface area contributed by atoms with Gasteiger partial charge in [-0.3, -0.25) is 4.98 Å². The summed E-state index contributed by atoms with van der Waals surface area (Å²) in [6, 6.07) is 12.6. The molecule has 0 fully saturated rings. The molecule has 0 aliphatic rings. The van der Waals surface area contributed by atoms with Crippen LogP contribution in [-0.4, -0.2) is 25.6 Å². The number of aromatic nitrogens is 5. The van der Waals surface area contributed by atoms with Gasteiger partial charge in [-0.2, -0.15) is 0 Å². The van der Waals surface area contributed by atoms with E-state index >= 15 is 0 Å². The van der Waals surface area contributed by atoms with Crippen LogP contribution < -0.4 is 0 Å². The summed E-state index contributed by atoms with van der Waals surface area (Å²) in [5, 5.41) is 13.8. The first-order valence-corrected chi connectivity index (χ1v) is 5.10. The van der Waals surface area contributed by atoms with Crippen molar-refractivity contribution in [2.45, 2.75) is 0 Å². The molecule has 1 N–H and O–H groups in total. The summed E-state index contributed by atoms with van der Waals surface area (Å²) < 4.78 is 0. The Bertz CT molecular complexity index is 604. The molecule has 0 saturated carbocycles. The Hall–Kier alpha value is -2.56. The highest BCUT2D eigenvalue weighted by Gasteiger charge is 2.09. The number of pyridine rings is 1. The average molecular weight is 222 g/mol. The molecular weight excluding hydrogens is 214 g/mol. The molecule has 0 amide bonds. The number of hydrogen-bond acceptors (Lipinski definition) is 4. The lowest BCUT2D eigenvalue weighted by Crippen LogP contribution is -1.88. The van der Waals surface area contributed by atoms with E-state index in [2.05, 4.69) is 31.7 Å². The molecule has 3 aromatic rings. The molecule has 3 rings (SSSR count). The van der Waals surface area contributed by atoms with Gasteiger partial charge in [-0.15, -0.1) is 5.10 Å². The summed E-state index contributed by atoms with van der Waals surface area (Å²) in [6.45, 7) is 0. The Labute approximate surface area is 97.5 Å². The van der Waals surface area contributed by atoms with Crippen molar-refractivity contribution in [2.24, 2.45) is 0 Å². The lowest BCUT2D eigenvalue weighted by Gasteiger charge is -2.05. The minimum absolute atomic E-state index is 0.634. The monoisotopic (exact) mass is 222 g/mol. The van der Waals surface area contributed by atoms with E-state index in [0.717, 1.165) is 16.7 Å². The number of nitrogens with one attached hydrogen (secondary N) is 1. The number of hydrogen-bond donors (Lipinski definition) is 1. The molecule has 17 heavy (non-hydrogen) atoms. The third-order valence-corrected chi connectivity index (χ3v) is 2.45. The normalized spacial score (nSPS) is 10.4. The molecule has 1 aromatic carbocycles. The van der Waals surface area contributed by atoms with Crippen LogP contribution in [0.4, 0.5) is 0 Å². The maximum Gasteiger partial charge on any atom is 0.180 e. The first kappa shape index (κ1) is 9.65. The fourth-order valence-corrected chi connectivity index (χ4v) is 1.67. The van der Waals surface area contributed by atoms with Gasteiger partial charge in [0.25, 0.3) is 0 Å². The van der Waals surface area contributed by atoms with E-state index < -0.39 is 0 Å². The first-order chi connectivity index (χ1) is 8.45. The number of tetrazole rings is 1. The van der Waals surface area contributed by atoms with E-state index in [9.17, 15) is 0 Å². The summed E-state index contributed by atoms with van der Waals surface area (Å²) in [6.07, 6.45) is 3.52. The lowest BCUT2D eigenvalue weighted by atomic mass is 10.0. The summed E-state index contributed by atoms with van der Waals surface area (Å²) in [5.41, 5.74) is 2.97. The first-order valence-electron chi connectivity index (χ1n) is 5.10. The van der Waals surface area contributed by atoms with Crippen LogP contribution in [-0.2, 0) is 0 Å². The molecule has 0 saturated heterocycles. The quantitative estimate of drug-likeness (QED) is 0.717. The van der Waals surface area contributed by atoms with Gasteiger partial charge >= 0.3 is 0 Å². The van der Waals surface area contributed by atoms with E-state index in [1.54, 1.807) is 12.4 Å². The molecule has 0 aliphatic heterocycles. The molecule has 2 aromatic heterocycles. The Balaban J connectivity index is 2.18. The van der Waals surface area contributed by atoms with Crippen molar-refractivity contribution >= 4 is 0 Å². The third-order valence-electron chi connectivity index (χ3n) is 2.45. The summed E-state index contributed by atoms with van der Waals surface area (Å²) >= 11 is 0. The van der Waals surface area contributed by atoms with Crippen molar-refractivity contribution in [3.8, 4) is 22.5 Å². The molecule has 1 radical (unpaired) electrons. The minimum Gasteiger partial charge on any atom is -0.264 e. The van der Waals surface area contributed by atoms with Crippen LogP contribution in [0, 0.1) is 6.07 Å². The van der Waals surface area contributed by atoms with E-state index in [1.165, 1.54) is 0 Å². The lowest BCUT2D eigenvalue weighted by molar-refractivity contribution is 0.881. The molecule has 81 valence electrons. The van der Waals surface area contributed by atoms with Crippen molar-refractivity contribution in [1.29, 1.82) is 0 Å². The van der Waals surface area contributed by atoms with Crippen molar-refractivity contribution in [3.63, 3.8) is 0 Å². The van der Waals surface area contributed by atoms with E-state index in [-0.39, 0.29) is 0 Å². The van der Waals surface area contributed by atoms with Crippen molar-refractivity contribution in [3.05, 3.63) is 48.8 Å². The SMILES string of the molecule is [c]1ccc(-c2cnccc2-c2nnn[nH]2)cc1. The maximum atomic E-state index is 4.14. The van der Waals surface area contributed by atoms with Crippen LogP contribution in [0.2, 0.25) is 0 Å². The highest BCUT2D eigenvalue weighted by molar-refractivity contribution is 5.79. The van der Waals surface area contributed by atoms with Crippen molar-refractivity contribution in [1.82, 2.24) is 25.6 Å². The van der Waals surface area contributed by atoms with E-state index in [1.807, 2.05) is 30.3 Å². The smallest absolute Gasteiger partial charge is 0.180 e. The second kappa shape index (κ2) is 4.13. The summed E-state index contributed by atoms with van der Waals surface area (Å²) in [4.78, 5) is 4.14. The van der Waals surface area contributed by atoms with Gasteiger partial charge in [0.1, 0.15) is 0 Å². The number of H-pyrrole nitrogens is 1. The Morgan fingerprint density at radius 1 is 1.06 bits per heavy atom. The molecule has 5 heteroatoms. The van der Waals surface area contributed by atoms with Crippen LogP contribution in [0.1, 0.15) is 0 Å². The topological polar surface area (TPSA) is 67.3 Å². The van der Waals surface area contributed by atoms with Gasteiger partial charge in [0.2, 0.25) is 0 Å². The fraction of sp³-hybridized carbons (Fsp3) is 0. The van der Waals surface area contributed by atoms with Gasteiger partial charge < -0.3 is 0 Å². The number of aromatic amines is 1. The highest BCUT2D eigenvalue weighted by Crippen LogP contribution is 2.28. The highest BCUT2D eigenvalue weighted by atomic mass is 15.5. The van der Waals surface area contributed by atoms with E-state index in [4.69, 9.17) is 0 Å². The molecule has 0 spiro atoms. The summed E-state index contributed by atoms with van der Waals surface area (Å²) in [7, 11) is 0. The van der Waals surface area contributed by atoms with Gasteiger partial charge in [0.15, 0.2) is 5.82 Å².